The van der Waals surface area contributed by atoms with E-state index < -0.39 is 29.0 Å². The highest BCUT2D eigenvalue weighted by atomic mass is 19.2. The van der Waals surface area contributed by atoms with Gasteiger partial charge in [-0.1, -0.05) is 25.1 Å². The highest BCUT2D eigenvalue weighted by Crippen LogP contribution is 2.22. The number of amides is 1. The van der Waals surface area contributed by atoms with Gasteiger partial charge in [0, 0.05) is 11.8 Å². The maximum atomic E-state index is 13.7. The minimum absolute atomic E-state index is 0.0642. The van der Waals surface area contributed by atoms with Gasteiger partial charge in [-0.2, -0.15) is 0 Å². The molecule has 138 valence electrons. The molecule has 0 bridgehead atoms. The van der Waals surface area contributed by atoms with Crippen molar-refractivity contribution in [3.63, 3.8) is 0 Å². The quantitative estimate of drug-likeness (QED) is 0.650. The molecule has 0 saturated heterocycles. The molecule has 0 saturated carbocycles. The Labute approximate surface area is 153 Å². The number of para-hydroxylation sites is 1. The number of halogens is 3. The van der Waals surface area contributed by atoms with Crippen molar-refractivity contribution in [2.75, 3.05) is 10.6 Å². The summed E-state index contributed by atoms with van der Waals surface area (Å²) >= 11 is 0. The molecule has 2 N–H and O–H groups in total. The minimum atomic E-state index is -1.66. The van der Waals surface area contributed by atoms with Crippen LogP contribution in [0.4, 0.5) is 30.4 Å². The number of aryl methyl sites for hydroxylation is 1. The summed E-state index contributed by atoms with van der Waals surface area (Å²) in [5, 5.41) is 5.27. The molecule has 0 atom stereocenters. The Morgan fingerprint density at radius 1 is 1.00 bits per heavy atom. The number of nitrogens with zero attached hydrogens (tertiary/aromatic N) is 2. The van der Waals surface area contributed by atoms with Gasteiger partial charge in [0.1, 0.15) is 17.8 Å². The van der Waals surface area contributed by atoms with Gasteiger partial charge in [-0.05, 0) is 30.2 Å². The Hall–Kier alpha value is -3.42. The first-order valence-electron chi connectivity index (χ1n) is 8.11. The number of anilines is 3. The van der Waals surface area contributed by atoms with Crippen LogP contribution >= 0.6 is 0 Å². The maximum Gasteiger partial charge on any atom is 0.274 e. The Morgan fingerprint density at radius 3 is 2.56 bits per heavy atom. The first-order valence-corrected chi connectivity index (χ1v) is 8.11. The highest BCUT2D eigenvalue weighted by molar-refractivity contribution is 6.03. The lowest BCUT2D eigenvalue weighted by Crippen LogP contribution is -2.16. The monoisotopic (exact) mass is 372 g/mol. The largest absolute Gasteiger partial charge is 0.340 e. The molecule has 0 fully saturated rings. The Balaban J connectivity index is 1.81. The number of nitrogens with one attached hydrogen (secondary N) is 2. The highest BCUT2D eigenvalue weighted by Gasteiger charge is 2.17. The topological polar surface area (TPSA) is 66.9 Å². The van der Waals surface area contributed by atoms with E-state index in [0.29, 0.717) is 5.82 Å². The van der Waals surface area contributed by atoms with Crippen LogP contribution in [0.2, 0.25) is 0 Å². The van der Waals surface area contributed by atoms with Crippen molar-refractivity contribution in [3.05, 3.63) is 77.5 Å². The number of benzene rings is 2. The van der Waals surface area contributed by atoms with Crippen LogP contribution < -0.4 is 10.6 Å². The summed E-state index contributed by atoms with van der Waals surface area (Å²) in [5.41, 5.74) is 1.34. The maximum absolute atomic E-state index is 13.7. The van der Waals surface area contributed by atoms with Gasteiger partial charge < -0.3 is 10.6 Å². The van der Waals surface area contributed by atoms with Crippen LogP contribution in [0.15, 0.2) is 48.8 Å². The summed E-state index contributed by atoms with van der Waals surface area (Å²) in [6, 6.07) is 10.6. The molecule has 27 heavy (non-hydrogen) atoms. The fourth-order valence-corrected chi connectivity index (χ4v) is 2.45. The van der Waals surface area contributed by atoms with E-state index in [-0.39, 0.29) is 5.69 Å². The van der Waals surface area contributed by atoms with Crippen molar-refractivity contribution in [3.8, 4) is 0 Å². The van der Waals surface area contributed by atoms with E-state index in [1.807, 2.05) is 31.2 Å². The van der Waals surface area contributed by atoms with Crippen LogP contribution in [0.5, 0.6) is 0 Å². The summed E-state index contributed by atoms with van der Waals surface area (Å²) in [6.45, 7) is 2.01. The summed E-state index contributed by atoms with van der Waals surface area (Å²) in [4.78, 5) is 20.2. The zero-order chi connectivity index (χ0) is 19.4. The summed E-state index contributed by atoms with van der Waals surface area (Å²) in [6.07, 6.45) is 1.98. The number of carbonyl (C=O) groups is 1. The van der Waals surface area contributed by atoms with E-state index >= 15 is 0 Å². The van der Waals surface area contributed by atoms with E-state index in [4.69, 9.17) is 0 Å². The third-order valence-electron chi connectivity index (χ3n) is 3.84. The molecule has 0 unspecified atom stereocenters. The Morgan fingerprint density at radius 2 is 1.78 bits per heavy atom. The molecule has 0 aliphatic carbocycles. The molecule has 0 aliphatic rings. The molecule has 8 heteroatoms. The zero-order valence-electron chi connectivity index (χ0n) is 14.3. The second-order valence-corrected chi connectivity index (χ2v) is 5.60. The summed E-state index contributed by atoms with van der Waals surface area (Å²) < 4.78 is 40.0. The molecule has 0 aliphatic heterocycles. The van der Waals surface area contributed by atoms with Crippen molar-refractivity contribution in [1.29, 1.82) is 0 Å². The normalized spacial score (nSPS) is 10.5. The number of hydrogen-bond donors (Lipinski definition) is 2. The van der Waals surface area contributed by atoms with Gasteiger partial charge >= 0.3 is 0 Å². The fraction of sp³-hybridized carbons (Fsp3) is 0.105. The summed E-state index contributed by atoms with van der Waals surface area (Å²) in [7, 11) is 0. The first-order chi connectivity index (χ1) is 13.0. The van der Waals surface area contributed by atoms with E-state index in [1.54, 1.807) is 0 Å². The molecule has 5 nitrogen and oxygen atoms in total. The van der Waals surface area contributed by atoms with E-state index in [0.717, 1.165) is 29.8 Å². The van der Waals surface area contributed by atoms with E-state index in [2.05, 4.69) is 20.6 Å². The standard InChI is InChI=1S/C19H15F3N4O/c1-2-11-5-3-4-6-13(11)25-16-9-15(23-10-24-16)19(27)26-14-8-7-12(20)17(21)18(14)22/h3-10H,2H2,1H3,(H,26,27)(H,23,24,25). The van der Waals surface area contributed by atoms with Gasteiger partial charge in [-0.15, -0.1) is 0 Å². The Kier molecular flexibility index (Phi) is 5.35. The average molecular weight is 372 g/mol. The second-order valence-electron chi connectivity index (χ2n) is 5.60. The molecule has 3 rings (SSSR count). The van der Waals surface area contributed by atoms with Gasteiger partial charge in [-0.3, -0.25) is 4.79 Å². The van der Waals surface area contributed by atoms with Crippen LogP contribution in [0.1, 0.15) is 23.0 Å². The van der Waals surface area contributed by atoms with Crippen LogP contribution in [0.3, 0.4) is 0 Å². The number of carbonyl (C=O) groups excluding carboxylic acids is 1. The molecule has 0 spiro atoms. The Bertz CT molecular complexity index is 994. The molecule has 1 amide bonds. The minimum Gasteiger partial charge on any atom is -0.340 e. The molecule has 2 aromatic carbocycles. The molecule has 0 radical (unpaired) electrons. The van der Waals surface area contributed by atoms with E-state index in [1.165, 1.54) is 12.4 Å². The molecular formula is C19H15F3N4O. The van der Waals surface area contributed by atoms with Gasteiger partial charge in [0.25, 0.3) is 5.91 Å². The lowest BCUT2D eigenvalue weighted by molar-refractivity contribution is 0.102. The fourth-order valence-electron chi connectivity index (χ4n) is 2.45. The van der Waals surface area contributed by atoms with Crippen LogP contribution in [0, 0.1) is 17.5 Å². The van der Waals surface area contributed by atoms with Crippen LogP contribution in [0.25, 0.3) is 0 Å². The second kappa shape index (κ2) is 7.86. The SMILES string of the molecule is CCc1ccccc1Nc1cc(C(=O)Nc2ccc(F)c(F)c2F)ncn1. The smallest absolute Gasteiger partial charge is 0.274 e. The third kappa shape index (κ3) is 4.05. The number of aromatic nitrogens is 2. The first kappa shape index (κ1) is 18.4. The molecule has 1 aromatic heterocycles. The third-order valence-corrected chi connectivity index (χ3v) is 3.84. The lowest BCUT2D eigenvalue weighted by Gasteiger charge is -2.11. The number of hydrogen-bond acceptors (Lipinski definition) is 4. The van der Waals surface area contributed by atoms with Crippen molar-refractivity contribution < 1.29 is 18.0 Å². The average Bonchev–Trinajstić information content (AvgIpc) is 2.69. The lowest BCUT2D eigenvalue weighted by atomic mass is 10.1. The van der Waals surface area contributed by atoms with Crippen LogP contribution in [-0.2, 0) is 6.42 Å². The zero-order valence-corrected chi connectivity index (χ0v) is 14.3. The van der Waals surface area contributed by atoms with Crippen molar-refractivity contribution >= 4 is 23.1 Å². The summed E-state index contributed by atoms with van der Waals surface area (Å²) in [5.74, 6) is -4.90. The van der Waals surface area contributed by atoms with Gasteiger partial charge in [0.2, 0.25) is 0 Å². The van der Waals surface area contributed by atoms with Crippen molar-refractivity contribution in [1.82, 2.24) is 9.97 Å². The molecular weight excluding hydrogens is 357 g/mol. The molecule has 1 heterocycles. The predicted octanol–water partition coefficient (Wildman–Crippen LogP) is 4.45. The van der Waals surface area contributed by atoms with Gasteiger partial charge in [0.15, 0.2) is 17.5 Å². The predicted molar refractivity (Wildman–Crippen MR) is 95.4 cm³/mol. The van der Waals surface area contributed by atoms with Crippen molar-refractivity contribution in [2.45, 2.75) is 13.3 Å². The van der Waals surface area contributed by atoms with Crippen LogP contribution in [-0.4, -0.2) is 15.9 Å². The van der Waals surface area contributed by atoms with Gasteiger partial charge in [-0.25, -0.2) is 23.1 Å². The van der Waals surface area contributed by atoms with Gasteiger partial charge in [0.05, 0.1) is 5.69 Å². The van der Waals surface area contributed by atoms with E-state index in [9.17, 15) is 18.0 Å². The molecule has 3 aromatic rings. The van der Waals surface area contributed by atoms with Crippen molar-refractivity contribution in [2.24, 2.45) is 0 Å². The number of rotatable bonds is 5.